The Kier molecular flexibility index (Phi) is 6.08. The Hall–Kier alpha value is -0.900. The zero-order chi connectivity index (χ0) is 11.8. The molecule has 0 aromatic heterocycles. The molecule has 0 aliphatic rings. The number of rotatable bonds is 7. The van der Waals surface area contributed by atoms with Crippen LogP contribution in [-0.2, 0) is 17.9 Å². The SMILES string of the molecule is CN(C)CCCOCc1ccccc1CN. The lowest BCUT2D eigenvalue weighted by Gasteiger charge is -2.11. The van der Waals surface area contributed by atoms with E-state index in [1.807, 2.05) is 12.1 Å². The molecule has 90 valence electrons. The Balaban J connectivity index is 2.26. The Labute approximate surface area is 98.2 Å². The lowest BCUT2D eigenvalue weighted by Crippen LogP contribution is -2.15. The van der Waals surface area contributed by atoms with E-state index in [-0.39, 0.29) is 0 Å². The minimum atomic E-state index is 0.581. The highest BCUT2D eigenvalue weighted by Crippen LogP contribution is 2.09. The van der Waals surface area contributed by atoms with Gasteiger partial charge in [-0.15, -0.1) is 0 Å². The number of nitrogens with two attached hydrogens (primary N) is 1. The van der Waals surface area contributed by atoms with Gasteiger partial charge in [-0.2, -0.15) is 0 Å². The second-order valence-corrected chi connectivity index (χ2v) is 4.18. The predicted molar refractivity (Wildman–Crippen MR) is 67.2 cm³/mol. The van der Waals surface area contributed by atoms with Crippen LogP contribution < -0.4 is 5.73 Å². The molecule has 0 amide bonds. The summed E-state index contributed by atoms with van der Waals surface area (Å²) in [6, 6.07) is 8.17. The number of nitrogens with zero attached hydrogens (tertiary/aromatic N) is 1. The lowest BCUT2D eigenvalue weighted by molar-refractivity contribution is 0.112. The molecule has 0 saturated heterocycles. The minimum Gasteiger partial charge on any atom is -0.377 e. The molecule has 1 rings (SSSR count). The second-order valence-electron chi connectivity index (χ2n) is 4.18. The van der Waals surface area contributed by atoms with Gasteiger partial charge in [-0.1, -0.05) is 24.3 Å². The smallest absolute Gasteiger partial charge is 0.0720 e. The van der Waals surface area contributed by atoms with Gasteiger partial charge in [0, 0.05) is 13.2 Å². The second kappa shape index (κ2) is 7.39. The Morgan fingerprint density at radius 3 is 2.50 bits per heavy atom. The van der Waals surface area contributed by atoms with Crippen LogP contribution in [0.4, 0.5) is 0 Å². The van der Waals surface area contributed by atoms with Crippen molar-refractivity contribution in [3.05, 3.63) is 35.4 Å². The molecular formula is C13H22N2O. The molecule has 3 nitrogen and oxygen atoms in total. The number of benzene rings is 1. The van der Waals surface area contributed by atoms with E-state index >= 15 is 0 Å². The van der Waals surface area contributed by atoms with Crippen molar-refractivity contribution in [3.63, 3.8) is 0 Å². The Bertz CT molecular complexity index is 300. The fourth-order valence-corrected chi connectivity index (χ4v) is 1.56. The molecule has 0 heterocycles. The van der Waals surface area contributed by atoms with E-state index in [9.17, 15) is 0 Å². The van der Waals surface area contributed by atoms with Gasteiger partial charge in [0.05, 0.1) is 6.61 Å². The molecule has 1 aromatic carbocycles. The molecular weight excluding hydrogens is 200 g/mol. The van der Waals surface area contributed by atoms with Gasteiger partial charge >= 0.3 is 0 Å². The van der Waals surface area contributed by atoms with Crippen molar-refractivity contribution in [1.29, 1.82) is 0 Å². The quantitative estimate of drug-likeness (QED) is 0.712. The monoisotopic (exact) mass is 222 g/mol. The van der Waals surface area contributed by atoms with Gasteiger partial charge in [0.1, 0.15) is 0 Å². The lowest BCUT2D eigenvalue weighted by atomic mass is 10.1. The van der Waals surface area contributed by atoms with Crippen LogP contribution in [0.15, 0.2) is 24.3 Å². The van der Waals surface area contributed by atoms with Crippen molar-refractivity contribution in [2.75, 3.05) is 27.2 Å². The first kappa shape index (κ1) is 13.2. The van der Waals surface area contributed by atoms with E-state index in [0.717, 1.165) is 19.6 Å². The van der Waals surface area contributed by atoms with E-state index < -0.39 is 0 Å². The molecule has 0 fully saturated rings. The molecule has 3 heteroatoms. The third kappa shape index (κ3) is 4.75. The van der Waals surface area contributed by atoms with Crippen molar-refractivity contribution in [2.24, 2.45) is 5.73 Å². The Morgan fingerprint density at radius 1 is 1.19 bits per heavy atom. The van der Waals surface area contributed by atoms with Crippen LogP contribution in [0.3, 0.4) is 0 Å². The predicted octanol–water partition coefficient (Wildman–Crippen LogP) is 1.61. The fourth-order valence-electron chi connectivity index (χ4n) is 1.56. The zero-order valence-corrected chi connectivity index (χ0v) is 10.3. The molecule has 0 saturated carbocycles. The summed E-state index contributed by atoms with van der Waals surface area (Å²) in [7, 11) is 4.15. The average molecular weight is 222 g/mol. The average Bonchev–Trinajstić information content (AvgIpc) is 2.29. The van der Waals surface area contributed by atoms with E-state index in [1.54, 1.807) is 0 Å². The van der Waals surface area contributed by atoms with Gasteiger partial charge in [0.25, 0.3) is 0 Å². The summed E-state index contributed by atoms with van der Waals surface area (Å²) in [4.78, 5) is 2.16. The van der Waals surface area contributed by atoms with Gasteiger partial charge < -0.3 is 15.4 Å². The standard InChI is InChI=1S/C13H22N2O/c1-15(2)8-5-9-16-11-13-7-4-3-6-12(13)10-14/h3-4,6-7H,5,8-11,14H2,1-2H3. The normalized spacial score (nSPS) is 11.0. The largest absolute Gasteiger partial charge is 0.377 e. The fraction of sp³-hybridized carbons (Fsp3) is 0.538. The van der Waals surface area contributed by atoms with E-state index in [0.29, 0.717) is 13.2 Å². The topological polar surface area (TPSA) is 38.5 Å². The van der Waals surface area contributed by atoms with Crippen molar-refractivity contribution >= 4 is 0 Å². The van der Waals surface area contributed by atoms with Crippen molar-refractivity contribution in [2.45, 2.75) is 19.6 Å². The maximum Gasteiger partial charge on any atom is 0.0720 e. The van der Waals surface area contributed by atoms with Crippen LogP contribution in [-0.4, -0.2) is 32.1 Å². The molecule has 0 spiro atoms. The molecule has 0 aliphatic carbocycles. The summed E-state index contributed by atoms with van der Waals surface area (Å²) in [6.45, 7) is 3.12. The van der Waals surface area contributed by atoms with Gasteiger partial charge in [-0.05, 0) is 38.2 Å². The van der Waals surface area contributed by atoms with Crippen molar-refractivity contribution in [3.8, 4) is 0 Å². The van der Waals surface area contributed by atoms with Gasteiger partial charge in [-0.3, -0.25) is 0 Å². The summed E-state index contributed by atoms with van der Waals surface area (Å²) in [6.07, 6.45) is 1.07. The summed E-state index contributed by atoms with van der Waals surface area (Å²) in [5, 5.41) is 0. The molecule has 0 bridgehead atoms. The van der Waals surface area contributed by atoms with Crippen LogP contribution in [0, 0.1) is 0 Å². The molecule has 0 radical (unpaired) electrons. The van der Waals surface area contributed by atoms with Crippen LogP contribution in [0.25, 0.3) is 0 Å². The molecule has 16 heavy (non-hydrogen) atoms. The first-order valence-electron chi connectivity index (χ1n) is 5.73. The highest BCUT2D eigenvalue weighted by atomic mass is 16.5. The summed E-state index contributed by atoms with van der Waals surface area (Å²) in [5.41, 5.74) is 8.04. The highest BCUT2D eigenvalue weighted by molar-refractivity contribution is 5.26. The number of ether oxygens (including phenoxy) is 1. The number of hydrogen-bond acceptors (Lipinski definition) is 3. The van der Waals surface area contributed by atoms with Crippen molar-refractivity contribution in [1.82, 2.24) is 4.90 Å². The number of hydrogen-bond donors (Lipinski definition) is 1. The van der Waals surface area contributed by atoms with E-state index in [1.165, 1.54) is 11.1 Å². The maximum atomic E-state index is 5.66. The van der Waals surface area contributed by atoms with Crippen LogP contribution in [0.5, 0.6) is 0 Å². The van der Waals surface area contributed by atoms with Crippen molar-refractivity contribution < 1.29 is 4.74 Å². The van der Waals surface area contributed by atoms with E-state index in [4.69, 9.17) is 10.5 Å². The van der Waals surface area contributed by atoms with E-state index in [2.05, 4.69) is 31.1 Å². The highest BCUT2D eigenvalue weighted by Gasteiger charge is 1.99. The van der Waals surface area contributed by atoms with Crippen LogP contribution in [0.2, 0.25) is 0 Å². The third-order valence-corrected chi connectivity index (χ3v) is 2.49. The van der Waals surface area contributed by atoms with Gasteiger partial charge in [0.2, 0.25) is 0 Å². The molecule has 1 aromatic rings. The zero-order valence-electron chi connectivity index (χ0n) is 10.3. The van der Waals surface area contributed by atoms with Gasteiger partial charge in [0.15, 0.2) is 0 Å². The minimum absolute atomic E-state index is 0.581. The third-order valence-electron chi connectivity index (χ3n) is 2.49. The van der Waals surface area contributed by atoms with Crippen LogP contribution >= 0.6 is 0 Å². The molecule has 0 unspecified atom stereocenters. The summed E-state index contributed by atoms with van der Waals surface area (Å²) in [5.74, 6) is 0. The first-order valence-corrected chi connectivity index (χ1v) is 5.73. The maximum absolute atomic E-state index is 5.66. The Morgan fingerprint density at radius 2 is 1.88 bits per heavy atom. The molecule has 0 atom stereocenters. The summed E-state index contributed by atoms with van der Waals surface area (Å²) < 4.78 is 5.63. The first-order chi connectivity index (χ1) is 7.74. The van der Waals surface area contributed by atoms with Crippen LogP contribution in [0.1, 0.15) is 17.5 Å². The molecule has 0 aliphatic heterocycles. The summed E-state index contributed by atoms with van der Waals surface area (Å²) >= 11 is 0. The molecule has 2 N–H and O–H groups in total. The van der Waals surface area contributed by atoms with Gasteiger partial charge in [-0.25, -0.2) is 0 Å².